The van der Waals surface area contributed by atoms with Gasteiger partial charge in [0.2, 0.25) is 0 Å². The van der Waals surface area contributed by atoms with Crippen molar-refractivity contribution in [2.24, 2.45) is 5.73 Å². The number of carbonyl (C=O) groups excluding carboxylic acids is 1. The summed E-state index contributed by atoms with van der Waals surface area (Å²) in [5.74, 6) is 0. The van der Waals surface area contributed by atoms with E-state index in [9.17, 15) is 9.36 Å². The highest BCUT2D eigenvalue weighted by Gasteiger charge is 2.41. The first kappa shape index (κ1) is 18.4. The minimum absolute atomic E-state index is 0.180. The van der Waals surface area contributed by atoms with Crippen molar-refractivity contribution in [1.29, 1.82) is 0 Å². The van der Waals surface area contributed by atoms with Crippen molar-refractivity contribution in [2.75, 3.05) is 26.4 Å². The lowest BCUT2D eigenvalue weighted by molar-refractivity contribution is -0.167. The van der Waals surface area contributed by atoms with Crippen molar-refractivity contribution in [3.05, 3.63) is 12.3 Å². The van der Waals surface area contributed by atoms with E-state index in [0.717, 1.165) is 0 Å². The fourth-order valence-corrected chi connectivity index (χ4v) is 4.56. The van der Waals surface area contributed by atoms with E-state index in [1.54, 1.807) is 38.2 Å². The molecule has 0 saturated carbocycles. The van der Waals surface area contributed by atoms with Crippen LogP contribution in [0.25, 0.3) is 0 Å². The number of amides is 2. The lowest BCUT2D eigenvalue weighted by atomic mass is 10.2. The maximum Gasteiger partial charge on any atom is 0.332 e. The van der Waals surface area contributed by atoms with Crippen molar-refractivity contribution in [1.82, 2.24) is 15.3 Å². The fraction of sp³-hybridized carbons (Fsp3) is 0.769. The highest BCUT2D eigenvalue weighted by molar-refractivity contribution is 7.53. The number of nitrogens with zero attached hydrogens (tertiary/aromatic N) is 2. The van der Waals surface area contributed by atoms with Crippen LogP contribution in [0, 0.1) is 0 Å². The Morgan fingerprint density at radius 2 is 2.09 bits per heavy atom. The number of hydrogen-bond acceptors (Lipinski definition) is 7. The molecule has 1 saturated heterocycles. The van der Waals surface area contributed by atoms with Crippen molar-refractivity contribution in [2.45, 2.75) is 38.7 Å². The van der Waals surface area contributed by atoms with Crippen LogP contribution in [-0.4, -0.2) is 60.9 Å². The Morgan fingerprint density at radius 1 is 1.43 bits per heavy atom. The van der Waals surface area contributed by atoms with Crippen LogP contribution < -0.4 is 11.1 Å². The average Bonchev–Trinajstić information content (AvgIpc) is 2.79. The van der Waals surface area contributed by atoms with Gasteiger partial charge in [-0.05, 0) is 19.9 Å². The predicted octanol–water partition coefficient (Wildman–Crippen LogP) is 1.04. The maximum absolute atomic E-state index is 12.7. The van der Waals surface area contributed by atoms with Gasteiger partial charge in [-0.3, -0.25) is 14.3 Å². The minimum Gasteiger partial charge on any atom is -0.319 e. The zero-order valence-electron chi connectivity index (χ0n) is 13.7. The van der Waals surface area contributed by atoms with Gasteiger partial charge in [0.1, 0.15) is 0 Å². The van der Waals surface area contributed by atoms with Crippen molar-refractivity contribution >= 4 is 13.6 Å². The lowest BCUT2D eigenvalue weighted by Crippen LogP contribution is -2.52. The molecule has 0 aromatic carbocycles. The molecule has 0 aliphatic carbocycles. The number of rotatable bonds is 7. The van der Waals surface area contributed by atoms with Crippen molar-refractivity contribution in [3.63, 3.8) is 0 Å². The normalized spacial score (nSPS) is 29.1. The quantitative estimate of drug-likeness (QED) is 0.662. The van der Waals surface area contributed by atoms with Crippen molar-refractivity contribution < 1.29 is 23.2 Å². The summed E-state index contributed by atoms with van der Waals surface area (Å²) < 4.78 is 23.3. The molecule has 9 nitrogen and oxygen atoms in total. The SMILES string of the molecule is CCOP(=O)(CC1CC(N2C=CC(N)NC2=O)ON1C)OCC. The van der Waals surface area contributed by atoms with Gasteiger partial charge in [0, 0.05) is 19.7 Å². The third-order valence-corrected chi connectivity index (χ3v) is 5.82. The molecule has 0 aromatic rings. The first-order valence-corrected chi connectivity index (χ1v) is 9.41. The van der Waals surface area contributed by atoms with Gasteiger partial charge >= 0.3 is 13.6 Å². The van der Waals surface area contributed by atoms with Crippen molar-refractivity contribution in [3.8, 4) is 0 Å². The molecule has 2 amide bonds. The number of carbonyl (C=O) groups is 1. The first-order chi connectivity index (χ1) is 10.9. The zero-order chi connectivity index (χ0) is 17.0. The monoisotopic (exact) mass is 348 g/mol. The molecule has 3 unspecified atom stereocenters. The van der Waals surface area contributed by atoms with Crippen LogP contribution in [0.2, 0.25) is 0 Å². The zero-order valence-corrected chi connectivity index (χ0v) is 14.6. The molecule has 10 heteroatoms. The maximum atomic E-state index is 12.7. The van der Waals surface area contributed by atoms with E-state index in [1.165, 1.54) is 4.90 Å². The molecule has 132 valence electrons. The molecule has 0 spiro atoms. The number of urea groups is 1. The Morgan fingerprint density at radius 3 is 2.65 bits per heavy atom. The summed E-state index contributed by atoms with van der Waals surface area (Å²) in [6, 6.07) is -0.502. The van der Waals surface area contributed by atoms with Gasteiger partial charge in [0.25, 0.3) is 0 Å². The Hall–Kier alpha value is -0.960. The van der Waals surface area contributed by atoms with Gasteiger partial charge in [0.05, 0.1) is 31.6 Å². The summed E-state index contributed by atoms with van der Waals surface area (Å²) in [5.41, 5.74) is 5.62. The van der Waals surface area contributed by atoms with Crippen LogP contribution in [0.1, 0.15) is 20.3 Å². The van der Waals surface area contributed by atoms with Crippen LogP contribution in [-0.2, 0) is 18.5 Å². The molecule has 0 radical (unpaired) electrons. The largest absolute Gasteiger partial charge is 0.332 e. The summed E-state index contributed by atoms with van der Waals surface area (Å²) >= 11 is 0. The van der Waals surface area contributed by atoms with Gasteiger partial charge < -0.3 is 20.1 Å². The number of nitrogens with two attached hydrogens (primary N) is 1. The third-order valence-electron chi connectivity index (χ3n) is 3.65. The summed E-state index contributed by atoms with van der Waals surface area (Å²) in [5, 5.41) is 4.20. The molecule has 1 fully saturated rings. The Kier molecular flexibility index (Phi) is 6.19. The summed E-state index contributed by atoms with van der Waals surface area (Å²) in [6.07, 6.45) is 3.00. The second-order valence-corrected chi connectivity index (χ2v) is 7.45. The summed E-state index contributed by atoms with van der Waals surface area (Å²) in [7, 11) is -1.44. The molecule has 2 rings (SSSR count). The predicted molar refractivity (Wildman–Crippen MR) is 84.3 cm³/mol. The number of hydroxylamine groups is 2. The van der Waals surface area contributed by atoms with E-state index >= 15 is 0 Å². The highest BCUT2D eigenvalue weighted by Crippen LogP contribution is 2.50. The van der Waals surface area contributed by atoms with E-state index in [4.69, 9.17) is 19.6 Å². The molecule has 2 heterocycles. The third kappa shape index (κ3) is 4.53. The molecular formula is C13H25N4O5P. The fourth-order valence-electron chi connectivity index (χ4n) is 2.60. The van der Waals surface area contributed by atoms with E-state index in [2.05, 4.69) is 5.32 Å². The van der Waals surface area contributed by atoms with Crippen LogP contribution >= 0.6 is 7.60 Å². The second-order valence-electron chi connectivity index (χ2n) is 5.35. The molecule has 23 heavy (non-hydrogen) atoms. The first-order valence-electron chi connectivity index (χ1n) is 7.69. The van der Waals surface area contributed by atoms with Gasteiger partial charge in [-0.1, -0.05) is 0 Å². The molecule has 0 aromatic heterocycles. The number of nitrogens with one attached hydrogen (secondary N) is 1. The molecular weight excluding hydrogens is 323 g/mol. The second kappa shape index (κ2) is 7.74. The Labute approximate surface area is 136 Å². The molecule has 2 aliphatic rings. The van der Waals surface area contributed by atoms with E-state index in [-0.39, 0.29) is 18.2 Å². The van der Waals surface area contributed by atoms with Crippen LogP contribution in [0.15, 0.2) is 12.3 Å². The van der Waals surface area contributed by atoms with E-state index < -0.39 is 20.0 Å². The van der Waals surface area contributed by atoms with Gasteiger partial charge in [-0.25, -0.2) is 4.79 Å². The number of hydrogen-bond donors (Lipinski definition) is 2. The van der Waals surface area contributed by atoms with Gasteiger partial charge in [-0.2, -0.15) is 5.06 Å². The molecule has 0 bridgehead atoms. The summed E-state index contributed by atoms with van der Waals surface area (Å²) in [4.78, 5) is 19.1. The smallest absolute Gasteiger partial charge is 0.319 e. The summed E-state index contributed by atoms with van der Waals surface area (Å²) in [6.45, 7) is 4.17. The van der Waals surface area contributed by atoms with Crippen LogP contribution in [0.5, 0.6) is 0 Å². The van der Waals surface area contributed by atoms with Crippen LogP contribution in [0.4, 0.5) is 4.79 Å². The van der Waals surface area contributed by atoms with Crippen LogP contribution in [0.3, 0.4) is 0 Å². The topological polar surface area (TPSA) is 106 Å². The average molecular weight is 348 g/mol. The molecule has 3 atom stereocenters. The van der Waals surface area contributed by atoms with E-state index in [0.29, 0.717) is 19.6 Å². The highest BCUT2D eigenvalue weighted by atomic mass is 31.2. The molecule has 2 aliphatic heterocycles. The Balaban J connectivity index is 2.02. The Bertz CT molecular complexity index is 493. The minimum atomic E-state index is -3.18. The lowest BCUT2D eigenvalue weighted by Gasteiger charge is -2.29. The van der Waals surface area contributed by atoms with E-state index in [1.807, 2.05) is 0 Å². The molecule has 3 N–H and O–H groups in total. The van der Waals surface area contributed by atoms with Gasteiger partial charge in [0.15, 0.2) is 6.23 Å². The van der Waals surface area contributed by atoms with Gasteiger partial charge in [-0.15, -0.1) is 0 Å². The standard InChI is InChI=1S/C13H25N4O5P/c1-4-20-23(19,21-5-2)9-10-8-12(22-16(10)3)17-7-6-11(14)15-13(17)18/h6-7,10-12H,4-5,8-9,14H2,1-3H3,(H,15,18).